The average Bonchev–Trinajstić information content (AvgIpc) is 2.79. The first-order valence-electron chi connectivity index (χ1n) is 6.08. The van der Waals surface area contributed by atoms with Gasteiger partial charge in [0.1, 0.15) is 18.1 Å². The monoisotopic (exact) mass is 280 g/mol. The molecular formula is C12H16N4O4. The van der Waals surface area contributed by atoms with Crippen LogP contribution in [0.25, 0.3) is 0 Å². The second-order valence-corrected chi connectivity index (χ2v) is 4.35. The summed E-state index contributed by atoms with van der Waals surface area (Å²) in [7, 11) is 0. The predicted molar refractivity (Wildman–Crippen MR) is 70.5 cm³/mol. The molecule has 2 rings (SSSR count). The Bertz CT molecular complexity index is 604. The highest BCUT2D eigenvalue weighted by Crippen LogP contribution is 2.27. The van der Waals surface area contributed by atoms with Crippen molar-refractivity contribution in [2.75, 3.05) is 18.9 Å². The van der Waals surface area contributed by atoms with Crippen molar-refractivity contribution in [3.05, 3.63) is 22.2 Å². The molecule has 0 spiro atoms. The third kappa shape index (κ3) is 2.81. The number of anilines is 1. The van der Waals surface area contributed by atoms with Gasteiger partial charge in [-0.2, -0.15) is 4.98 Å². The molecule has 0 saturated carbocycles. The first-order chi connectivity index (χ1) is 9.56. The lowest BCUT2D eigenvalue weighted by Gasteiger charge is -2.14. The lowest BCUT2D eigenvalue weighted by molar-refractivity contribution is -0.0458. The molecular weight excluding hydrogens is 264 g/mol. The zero-order valence-electron chi connectivity index (χ0n) is 10.7. The lowest BCUT2D eigenvalue weighted by Crippen LogP contribution is -2.29. The maximum Gasteiger partial charge on any atom is 0.351 e. The Morgan fingerprint density at radius 3 is 2.95 bits per heavy atom. The molecule has 108 valence electrons. The minimum atomic E-state index is -0.840. The fourth-order valence-corrected chi connectivity index (χ4v) is 1.98. The van der Waals surface area contributed by atoms with Gasteiger partial charge in [-0.15, -0.1) is 0 Å². The second-order valence-electron chi connectivity index (χ2n) is 4.35. The van der Waals surface area contributed by atoms with Crippen molar-refractivity contribution in [3.63, 3.8) is 0 Å². The van der Waals surface area contributed by atoms with Crippen LogP contribution in [0.3, 0.4) is 0 Å². The molecule has 8 nitrogen and oxygen atoms in total. The summed E-state index contributed by atoms with van der Waals surface area (Å²) in [5, 5.41) is 18.7. The van der Waals surface area contributed by atoms with Crippen LogP contribution in [-0.4, -0.2) is 45.1 Å². The summed E-state index contributed by atoms with van der Waals surface area (Å²) in [4.78, 5) is 15.5. The number of nitrogens with two attached hydrogens (primary N) is 2. The molecule has 0 radical (unpaired) electrons. The van der Waals surface area contributed by atoms with Crippen LogP contribution in [-0.2, 0) is 4.74 Å². The van der Waals surface area contributed by atoms with Gasteiger partial charge in [0.25, 0.3) is 0 Å². The Hall–Kier alpha value is -1.92. The third-order valence-corrected chi connectivity index (χ3v) is 3.00. The number of ether oxygens (including phenoxy) is 1. The number of aromatic nitrogens is 2. The van der Waals surface area contributed by atoms with Crippen molar-refractivity contribution < 1.29 is 14.9 Å². The van der Waals surface area contributed by atoms with E-state index in [0.29, 0.717) is 5.56 Å². The summed E-state index contributed by atoms with van der Waals surface area (Å²) in [6.45, 7) is -0.168. The quantitative estimate of drug-likeness (QED) is 0.450. The predicted octanol–water partition coefficient (Wildman–Crippen LogP) is -2.22. The van der Waals surface area contributed by atoms with E-state index in [9.17, 15) is 9.90 Å². The molecule has 1 fully saturated rings. The summed E-state index contributed by atoms with van der Waals surface area (Å²) in [5.41, 5.74) is 10.7. The van der Waals surface area contributed by atoms with E-state index in [-0.39, 0.29) is 25.4 Å². The molecule has 1 aliphatic heterocycles. The molecule has 1 aliphatic rings. The van der Waals surface area contributed by atoms with E-state index in [1.54, 1.807) is 0 Å². The van der Waals surface area contributed by atoms with Gasteiger partial charge in [0.05, 0.1) is 24.8 Å². The maximum absolute atomic E-state index is 11.8. The Kier molecular flexibility index (Phi) is 4.36. The van der Waals surface area contributed by atoms with Crippen molar-refractivity contribution in [2.45, 2.75) is 24.9 Å². The molecule has 0 bridgehead atoms. The highest BCUT2D eigenvalue weighted by Gasteiger charge is 2.35. The smallest absolute Gasteiger partial charge is 0.351 e. The van der Waals surface area contributed by atoms with Crippen molar-refractivity contribution in [1.82, 2.24) is 9.55 Å². The molecule has 6 N–H and O–H groups in total. The minimum Gasteiger partial charge on any atom is -0.394 e. The molecule has 0 aliphatic carbocycles. The number of hydrogen-bond donors (Lipinski definition) is 4. The first-order valence-corrected chi connectivity index (χ1v) is 6.08. The SMILES string of the molecule is NCC#Cc1cn([C@H]2CC(O)[C@@H](CO)O2)c(=O)nc1N. The third-order valence-electron chi connectivity index (χ3n) is 3.00. The number of hydrogen-bond acceptors (Lipinski definition) is 7. The normalized spacial score (nSPS) is 25.2. The topological polar surface area (TPSA) is 137 Å². The molecule has 3 atom stereocenters. The van der Waals surface area contributed by atoms with E-state index in [1.807, 2.05) is 0 Å². The number of rotatable bonds is 2. The lowest BCUT2D eigenvalue weighted by atomic mass is 10.2. The summed E-state index contributed by atoms with van der Waals surface area (Å²) < 4.78 is 6.60. The van der Waals surface area contributed by atoms with E-state index >= 15 is 0 Å². The number of nitrogen functional groups attached to an aromatic ring is 1. The molecule has 0 aromatic carbocycles. The summed E-state index contributed by atoms with van der Waals surface area (Å²) in [5.74, 6) is 5.35. The summed E-state index contributed by atoms with van der Waals surface area (Å²) in [6, 6.07) is 0. The van der Waals surface area contributed by atoms with E-state index in [4.69, 9.17) is 21.3 Å². The first kappa shape index (κ1) is 14.5. The van der Waals surface area contributed by atoms with Crippen LogP contribution in [0.4, 0.5) is 5.82 Å². The molecule has 1 unspecified atom stereocenters. The van der Waals surface area contributed by atoms with Crippen molar-refractivity contribution >= 4 is 5.82 Å². The zero-order valence-corrected chi connectivity index (χ0v) is 10.7. The molecule has 1 saturated heterocycles. The van der Waals surface area contributed by atoms with Crippen molar-refractivity contribution in [3.8, 4) is 11.8 Å². The molecule has 8 heteroatoms. The van der Waals surface area contributed by atoms with Crippen LogP contribution in [0.15, 0.2) is 11.0 Å². The maximum atomic E-state index is 11.8. The van der Waals surface area contributed by atoms with Gasteiger partial charge in [0.2, 0.25) is 0 Å². The molecule has 1 aromatic heterocycles. The summed E-state index contributed by atoms with van der Waals surface area (Å²) >= 11 is 0. The number of aliphatic hydroxyl groups excluding tert-OH is 2. The zero-order chi connectivity index (χ0) is 14.7. The molecule has 0 amide bonds. The molecule has 20 heavy (non-hydrogen) atoms. The highest BCUT2D eigenvalue weighted by molar-refractivity contribution is 5.49. The number of nitrogens with zero attached hydrogens (tertiary/aromatic N) is 2. The summed E-state index contributed by atoms with van der Waals surface area (Å²) in [6.07, 6.45) is -0.664. The number of aliphatic hydroxyl groups is 2. The van der Waals surface area contributed by atoms with E-state index in [2.05, 4.69) is 16.8 Å². The standard InChI is InChI=1S/C12H16N4O4/c13-3-1-2-7-5-16(12(19)15-11(7)14)10-4-8(18)9(6-17)20-10/h5,8-10,17-18H,3-4,6,13H2,(H2,14,15,19)/t8?,9-,10-/m1/s1. The fraction of sp³-hybridized carbons (Fsp3) is 0.500. The van der Waals surface area contributed by atoms with Gasteiger partial charge in [0.15, 0.2) is 0 Å². The fourth-order valence-electron chi connectivity index (χ4n) is 1.98. The highest BCUT2D eigenvalue weighted by atomic mass is 16.5. The van der Waals surface area contributed by atoms with Gasteiger partial charge in [-0.25, -0.2) is 4.79 Å². The van der Waals surface area contributed by atoms with Gasteiger partial charge < -0.3 is 26.4 Å². The Balaban J connectivity index is 2.35. The Morgan fingerprint density at radius 2 is 2.35 bits per heavy atom. The van der Waals surface area contributed by atoms with Gasteiger partial charge in [-0.3, -0.25) is 4.57 Å². The average molecular weight is 280 g/mol. The van der Waals surface area contributed by atoms with E-state index in [1.165, 1.54) is 10.8 Å². The van der Waals surface area contributed by atoms with Crippen LogP contribution in [0.5, 0.6) is 0 Å². The minimum absolute atomic E-state index is 0.0180. The van der Waals surface area contributed by atoms with Gasteiger partial charge in [0, 0.05) is 12.6 Å². The van der Waals surface area contributed by atoms with Gasteiger partial charge in [-0.1, -0.05) is 11.8 Å². The Labute approximate surface area is 115 Å². The van der Waals surface area contributed by atoms with Gasteiger partial charge in [-0.05, 0) is 0 Å². The van der Waals surface area contributed by atoms with Crippen molar-refractivity contribution in [2.24, 2.45) is 5.73 Å². The van der Waals surface area contributed by atoms with Gasteiger partial charge >= 0.3 is 5.69 Å². The van der Waals surface area contributed by atoms with Crippen LogP contribution in [0, 0.1) is 11.8 Å². The van der Waals surface area contributed by atoms with Crippen molar-refractivity contribution in [1.29, 1.82) is 0 Å². The second kappa shape index (κ2) is 6.02. The largest absolute Gasteiger partial charge is 0.394 e. The van der Waals surface area contributed by atoms with E-state index < -0.39 is 24.1 Å². The van der Waals surface area contributed by atoms with E-state index in [0.717, 1.165) is 0 Å². The van der Waals surface area contributed by atoms with Crippen LogP contribution in [0.2, 0.25) is 0 Å². The van der Waals surface area contributed by atoms with Crippen LogP contribution >= 0.6 is 0 Å². The Morgan fingerprint density at radius 1 is 1.60 bits per heavy atom. The van der Waals surface area contributed by atoms with Crippen LogP contribution in [0.1, 0.15) is 18.2 Å². The molecule has 2 heterocycles. The molecule has 1 aromatic rings. The van der Waals surface area contributed by atoms with Crippen LogP contribution < -0.4 is 17.2 Å².